The lowest BCUT2D eigenvalue weighted by Crippen LogP contribution is -2.25. The van der Waals surface area contributed by atoms with E-state index in [0.29, 0.717) is 17.5 Å². The summed E-state index contributed by atoms with van der Waals surface area (Å²) < 4.78 is 6.69. The lowest BCUT2D eigenvalue weighted by Gasteiger charge is -2.09. The molecule has 0 bridgehead atoms. The predicted molar refractivity (Wildman–Crippen MR) is 106 cm³/mol. The summed E-state index contributed by atoms with van der Waals surface area (Å²) in [4.78, 5) is 12.1. The van der Waals surface area contributed by atoms with Gasteiger partial charge in [-0.25, -0.2) is 4.68 Å². The second-order valence-corrected chi connectivity index (χ2v) is 6.86. The molecule has 3 N–H and O–H groups in total. The van der Waals surface area contributed by atoms with Crippen LogP contribution in [-0.2, 0) is 11.3 Å². The molecule has 0 aliphatic rings. The van der Waals surface area contributed by atoms with Crippen molar-refractivity contribution in [2.45, 2.75) is 18.6 Å². The van der Waals surface area contributed by atoms with Gasteiger partial charge in [-0.05, 0) is 13.0 Å². The maximum absolute atomic E-state index is 12.1. The Morgan fingerprint density at radius 3 is 2.67 bits per heavy atom. The number of aromatic nitrogens is 3. The zero-order chi connectivity index (χ0) is 19.2. The van der Waals surface area contributed by atoms with Gasteiger partial charge in [0.15, 0.2) is 5.82 Å². The molecule has 0 saturated carbocycles. The van der Waals surface area contributed by atoms with E-state index in [2.05, 4.69) is 15.5 Å². The molecule has 0 unspecified atom stereocenters. The number of amides is 1. The van der Waals surface area contributed by atoms with Crippen LogP contribution in [0.2, 0.25) is 0 Å². The van der Waals surface area contributed by atoms with E-state index in [1.54, 1.807) is 7.11 Å². The predicted octanol–water partition coefficient (Wildman–Crippen LogP) is 2.38. The number of thioether (sulfide) groups is 1. The van der Waals surface area contributed by atoms with E-state index in [4.69, 9.17) is 10.6 Å². The van der Waals surface area contributed by atoms with Gasteiger partial charge in [0.2, 0.25) is 11.1 Å². The van der Waals surface area contributed by atoms with Crippen LogP contribution >= 0.6 is 11.8 Å². The number of para-hydroxylation sites is 1. The van der Waals surface area contributed by atoms with Crippen molar-refractivity contribution in [2.75, 3.05) is 18.7 Å². The number of carbonyl (C=O) groups excluding carboxylic acids is 1. The molecule has 0 saturated heterocycles. The molecular weight excluding hydrogens is 362 g/mol. The Labute approximate surface area is 161 Å². The first-order chi connectivity index (χ1) is 13.1. The number of hydrogen-bond acceptors (Lipinski definition) is 6. The van der Waals surface area contributed by atoms with Crippen LogP contribution in [0.3, 0.4) is 0 Å². The van der Waals surface area contributed by atoms with Gasteiger partial charge in [0.25, 0.3) is 0 Å². The van der Waals surface area contributed by atoms with Crippen LogP contribution in [-0.4, -0.2) is 33.6 Å². The minimum atomic E-state index is -0.120. The molecule has 140 valence electrons. The standard InChI is InChI=1S/C19H21N5O2S/c1-13-7-9-14(10-8-13)18-22-23-19(24(18)20)27-12-17(25)21-11-15-5-3-4-6-16(15)26-2/h3-10H,11-12,20H2,1-2H3,(H,21,25). The highest BCUT2D eigenvalue weighted by Gasteiger charge is 2.14. The van der Waals surface area contributed by atoms with E-state index in [0.717, 1.165) is 22.4 Å². The lowest BCUT2D eigenvalue weighted by molar-refractivity contribution is -0.118. The first kappa shape index (κ1) is 18.8. The molecule has 0 spiro atoms. The molecule has 8 heteroatoms. The monoisotopic (exact) mass is 383 g/mol. The number of aryl methyl sites for hydroxylation is 1. The minimum absolute atomic E-state index is 0.120. The molecule has 1 amide bonds. The summed E-state index contributed by atoms with van der Waals surface area (Å²) >= 11 is 1.24. The average Bonchev–Trinajstić information content (AvgIpc) is 3.06. The van der Waals surface area contributed by atoms with Crippen molar-refractivity contribution >= 4 is 17.7 Å². The molecule has 3 aromatic rings. The number of rotatable bonds is 7. The Hall–Kier alpha value is -3.00. The number of nitrogen functional groups attached to an aromatic ring is 1. The zero-order valence-corrected chi connectivity index (χ0v) is 16.0. The van der Waals surface area contributed by atoms with Gasteiger partial charge in [-0.2, -0.15) is 0 Å². The zero-order valence-electron chi connectivity index (χ0n) is 15.2. The smallest absolute Gasteiger partial charge is 0.230 e. The van der Waals surface area contributed by atoms with Gasteiger partial charge < -0.3 is 15.9 Å². The average molecular weight is 383 g/mol. The summed E-state index contributed by atoms with van der Waals surface area (Å²) in [6.07, 6.45) is 0. The molecule has 7 nitrogen and oxygen atoms in total. The summed E-state index contributed by atoms with van der Waals surface area (Å²) in [5, 5.41) is 11.6. The summed E-state index contributed by atoms with van der Waals surface area (Å²) in [5.41, 5.74) is 2.95. The van der Waals surface area contributed by atoms with E-state index in [1.165, 1.54) is 16.4 Å². The van der Waals surface area contributed by atoms with E-state index in [1.807, 2.05) is 55.5 Å². The van der Waals surface area contributed by atoms with Gasteiger partial charge >= 0.3 is 0 Å². The highest BCUT2D eigenvalue weighted by molar-refractivity contribution is 7.99. The van der Waals surface area contributed by atoms with E-state index in [-0.39, 0.29) is 11.7 Å². The maximum atomic E-state index is 12.1. The molecule has 0 aliphatic heterocycles. The first-order valence-corrected chi connectivity index (χ1v) is 9.36. The molecule has 3 rings (SSSR count). The molecular formula is C19H21N5O2S. The molecule has 0 atom stereocenters. The molecule has 0 aliphatic carbocycles. The molecule has 1 aromatic heterocycles. The van der Waals surface area contributed by atoms with Gasteiger partial charge in [0, 0.05) is 17.7 Å². The second kappa shape index (κ2) is 8.59. The van der Waals surface area contributed by atoms with Crippen LogP contribution in [0.15, 0.2) is 53.7 Å². The highest BCUT2D eigenvalue weighted by Crippen LogP contribution is 2.22. The molecule has 27 heavy (non-hydrogen) atoms. The summed E-state index contributed by atoms with van der Waals surface area (Å²) in [5.74, 6) is 7.47. The Balaban J connectivity index is 1.57. The van der Waals surface area contributed by atoms with Gasteiger partial charge in [-0.3, -0.25) is 4.79 Å². The summed E-state index contributed by atoms with van der Waals surface area (Å²) in [6.45, 7) is 2.41. The SMILES string of the molecule is COc1ccccc1CNC(=O)CSc1nnc(-c2ccc(C)cc2)n1N. The Morgan fingerprint density at radius 1 is 1.19 bits per heavy atom. The van der Waals surface area contributed by atoms with Gasteiger partial charge in [-0.1, -0.05) is 59.8 Å². The van der Waals surface area contributed by atoms with Gasteiger partial charge in [0.05, 0.1) is 12.9 Å². The van der Waals surface area contributed by atoms with Crippen LogP contribution in [0.4, 0.5) is 0 Å². The minimum Gasteiger partial charge on any atom is -0.496 e. The lowest BCUT2D eigenvalue weighted by atomic mass is 10.1. The number of carbonyl (C=O) groups is 1. The Kier molecular flexibility index (Phi) is 5.97. The van der Waals surface area contributed by atoms with E-state index >= 15 is 0 Å². The fraction of sp³-hybridized carbons (Fsp3) is 0.211. The van der Waals surface area contributed by atoms with Crippen molar-refractivity contribution in [1.82, 2.24) is 20.2 Å². The number of benzene rings is 2. The molecule has 0 fully saturated rings. The van der Waals surface area contributed by atoms with E-state index < -0.39 is 0 Å². The summed E-state index contributed by atoms with van der Waals surface area (Å²) in [6, 6.07) is 15.4. The topological polar surface area (TPSA) is 95.1 Å². The van der Waals surface area contributed by atoms with E-state index in [9.17, 15) is 4.79 Å². The van der Waals surface area contributed by atoms with Crippen LogP contribution in [0.25, 0.3) is 11.4 Å². The van der Waals surface area contributed by atoms with Crippen molar-refractivity contribution in [1.29, 1.82) is 0 Å². The van der Waals surface area contributed by atoms with Crippen LogP contribution < -0.4 is 15.9 Å². The third-order valence-corrected chi connectivity index (χ3v) is 4.92. The normalized spacial score (nSPS) is 10.6. The van der Waals surface area contributed by atoms with Gasteiger partial charge in [0.1, 0.15) is 5.75 Å². The molecule has 1 heterocycles. The third-order valence-electron chi connectivity index (χ3n) is 3.98. The second-order valence-electron chi connectivity index (χ2n) is 5.92. The van der Waals surface area contributed by atoms with Crippen molar-refractivity contribution in [3.8, 4) is 17.1 Å². The largest absolute Gasteiger partial charge is 0.496 e. The molecule has 2 aromatic carbocycles. The molecule has 0 radical (unpaired) electrons. The highest BCUT2D eigenvalue weighted by atomic mass is 32.2. The Morgan fingerprint density at radius 2 is 1.93 bits per heavy atom. The number of ether oxygens (including phenoxy) is 1. The summed E-state index contributed by atoms with van der Waals surface area (Å²) in [7, 11) is 1.61. The van der Waals surface area contributed by atoms with Crippen molar-refractivity contribution in [3.63, 3.8) is 0 Å². The third kappa shape index (κ3) is 4.59. The first-order valence-electron chi connectivity index (χ1n) is 8.37. The number of nitrogens with one attached hydrogen (secondary N) is 1. The van der Waals surface area contributed by atoms with Crippen molar-refractivity contribution < 1.29 is 9.53 Å². The van der Waals surface area contributed by atoms with Crippen LogP contribution in [0.5, 0.6) is 5.75 Å². The van der Waals surface area contributed by atoms with Gasteiger partial charge in [-0.15, -0.1) is 10.2 Å². The van der Waals surface area contributed by atoms with Crippen molar-refractivity contribution in [3.05, 3.63) is 59.7 Å². The maximum Gasteiger partial charge on any atom is 0.230 e. The van der Waals surface area contributed by atoms with Crippen LogP contribution in [0.1, 0.15) is 11.1 Å². The van der Waals surface area contributed by atoms with Crippen molar-refractivity contribution in [2.24, 2.45) is 0 Å². The van der Waals surface area contributed by atoms with Crippen LogP contribution in [0, 0.1) is 6.92 Å². The fourth-order valence-corrected chi connectivity index (χ4v) is 3.19. The number of nitrogens with two attached hydrogens (primary N) is 1. The Bertz CT molecular complexity index is 924. The quantitative estimate of drug-likeness (QED) is 0.480. The number of nitrogens with zero attached hydrogens (tertiary/aromatic N) is 3. The number of methoxy groups -OCH3 is 1. The number of hydrogen-bond donors (Lipinski definition) is 2. The fourth-order valence-electron chi connectivity index (χ4n) is 2.50.